The molecule has 0 saturated carbocycles. The second-order valence-electron chi connectivity index (χ2n) is 7.75. The van der Waals surface area contributed by atoms with Crippen molar-refractivity contribution in [2.75, 3.05) is 14.2 Å². The Balaban J connectivity index is 1.84. The highest BCUT2D eigenvalue weighted by Gasteiger charge is 2.35. The number of hydrogen-bond donors (Lipinski definition) is 2. The highest BCUT2D eigenvalue weighted by atomic mass is 35.5. The molecule has 35 heavy (non-hydrogen) atoms. The van der Waals surface area contributed by atoms with Gasteiger partial charge in [0.2, 0.25) is 11.8 Å². The number of benzene rings is 2. The van der Waals surface area contributed by atoms with Crippen LogP contribution in [0.3, 0.4) is 0 Å². The summed E-state index contributed by atoms with van der Waals surface area (Å²) in [7, 11) is 3.02. The number of nitrogens with one attached hydrogen (secondary N) is 1. The number of hydrazone groups is 1. The molecule has 11 heteroatoms. The van der Waals surface area contributed by atoms with Gasteiger partial charge in [-0.15, -0.1) is 0 Å². The van der Waals surface area contributed by atoms with E-state index in [4.69, 9.17) is 21.1 Å². The Bertz CT molecular complexity index is 1440. The minimum Gasteiger partial charge on any atom is -0.493 e. The number of hydrogen-bond acceptors (Lipinski definition) is 7. The molecule has 0 aliphatic carbocycles. The van der Waals surface area contributed by atoms with Crippen molar-refractivity contribution in [3.63, 3.8) is 0 Å². The van der Waals surface area contributed by atoms with Crippen molar-refractivity contribution in [3.8, 4) is 23.1 Å². The molecule has 0 radical (unpaired) electrons. The van der Waals surface area contributed by atoms with E-state index < -0.39 is 23.2 Å². The number of methoxy groups -OCH3 is 2. The van der Waals surface area contributed by atoms with E-state index in [0.29, 0.717) is 22.1 Å². The van der Waals surface area contributed by atoms with E-state index in [2.05, 4.69) is 10.1 Å². The number of rotatable bonds is 6. The maximum Gasteiger partial charge on any atom is 0.335 e. The molecule has 1 amide bonds. The van der Waals surface area contributed by atoms with Gasteiger partial charge >= 0.3 is 5.69 Å². The van der Waals surface area contributed by atoms with E-state index in [1.807, 2.05) is 0 Å². The average molecular weight is 499 g/mol. The van der Waals surface area contributed by atoms with E-state index in [1.165, 1.54) is 25.3 Å². The Labute approximate surface area is 205 Å². The fourth-order valence-corrected chi connectivity index (χ4v) is 4.20. The van der Waals surface area contributed by atoms with E-state index in [0.717, 1.165) is 4.57 Å². The largest absolute Gasteiger partial charge is 0.493 e. The summed E-state index contributed by atoms with van der Waals surface area (Å²) in [6.45, 7) is 1.70. The zero-order valence-electron chi connectivity index (χ0n) is 19.2. The first-order valence-corrected chi connectivity index (χ1v) is 11.1. The molecule has 10 nitrogen and oxygen atoms in total. The quantitative estimate of drug-likeness (QED) is 0.538. The van der Waals surface area contributed by atoms with Gasteiger partial charge in [-0.2, -0.15) is 5.10 Å². The molecular weight excluding hydrogens is 476 g/mol. The second kappa shape index (κ2) is 9.67. The van der Waals surface area contributed by atoms with E-state index in [9.17, 15) is 19.5 Å². The molecule has 0 bridgehead atoms. The van der Waals surface area contributed by atoms with Crippen LogP contribution in [0.15, 0.2) is 57.2 Å². The predicted molar refractivity (Wildman–Crippen MR) is 130 cm³/mol. The Morgan fingerprint density at radius 3 is 2.57 bits per heavy atom. The summed E-state index contributed by atoms with van der Waals surface area (Å²) in [6.07, 6.45) is 0.288. The number of aromatic nitrogens is 2. The molecule has 2 heterocycles. The van der Waals surface area contributed by atoms with Crippen LogP contribution in [0, 0.1) is 0 Å². The van der Waals surface area contributed by atoms with Gasteiger partial charge < -0.3 is 14.6 Å². The summed E-state index contributed by atoms with van der Waals surface area (Å²) in [5.41, 5.74) is -0.754. The molecule has 1 atom stereocenters. The van der Waals surface area contributed by atoms with Gasteiger partial charge in [0.1, 0.15) is 5.56 Å². The molecule has 0 spiro atoms. The van der Waals surface area contributed by atoms with Crippen LogP contribution in [0.5, 0.6) is 17.4 Å². The minimum atomic E-state index is -0.838. The number of carbonyl (C=O) groups is 1. The fraction of sp³-hybridized carbons (Fsp3) is 0.250. The normalized spacial score (nSPS) is 15.1. The number of nitrogens with zero attached hydrogens (tertiary/aromatic N) is 3. The van der Waals surface area contributed by atoms with Gasteiger partial charge in [0, 0.05) is 17.9 Å². The van der Waals surface area contributed by atoms with Crippen LogP contribution < -0.4 is 20.7 Å². The molecule has 182 valence electrons. The number of aromatic hydroxyl groups is 1. The highest BCUT2D eigenvalue weighted by molar-refractivity contribution is 6.30. The van der Waals surface area contributed by atoms with Crippen molar-refractivity contribution in [2.24, 2.45) is 5.10 Å². The summed E-state index contributed by atoms with van der Waals surface area (Å²) < 4.78 is 11.6. The third-order valence-electron chi connectivity index (χ3n) is 5.70. The van der Waals surface area contributed by atoms with Crippen LogP contribution in [0.2, 0.25) is 5.02 Å². The van der Waals surface area contributed by atoms with Crippen molar-refractivity contribution in [3.05, 3.63) is 79.5 Å². The lowest BCUT2D eigenvalue weighted by Crippen LogP contribution is -2.33. The van der Waals surface area contributed by atoms with Crippen molar-refractivity contribution in [1.29, 1.82) is 0 Å². The van der Waals surface area contributed by atoms with Gasteiger partial charge in [0.05, 0.1) is 31.7 Å². The Morgan fingerprint density at radius 1 is 1.17 bits per heavy atom. The zero-order chi connectivity index (χ0) is 25.3. The zero-order valence-corrected chi connectivity index (χ0v) is 20.0. The van der Waals surface area contributed by atoms with Crippen LogP contribution in [0.4, 0.5) is 0 Å². The number of ether oxygens (including phenoxy) is 2. The molecule has 4 rings (SSSR count). The summed E-state index contributed by atoms with van der Waals surface area (Å²) in [6, 6.07) is 10.9. The molecular formula is C24H23ClN4O6. The molecule has 1 aromatic heterocycles. The van der Waals surface area contributed by atoms with Crippen molar-refractivity contribution >= 4 is 23.2 Å². The van der Waals surface area contributed by atoms with Crippen molar-refractivity contribution < 1.29 is 19.4 Å². The third-order valence-corrected chi connectivity index (χ3v) is 5.94. The topological polar surface area (TPSA) is 126 Å². The van der Waals surface area contributed by atoms with Gasteiger partial charge in [-0.25, -0.2) is 14.4 Å². The molecule has 0 fully saturated rings. The lowest BCUT2D eigenvalue weighted by Gasteiger charge is -2.22. The lowest BCUT2D eigenvalue weighted by molar-refractivity contribution is -0.132. The smallest absolute Gasteiger partial charge is 0.335 e. The number of amides is 1. The van der Waals surface area contributed by atoms with Gasteiger partial charge in [0.15, 0.2) is 11.5 Å². The van der Waals surface area contributed by atoms with Crippen molar-refractivity contribution in [1.82, 2.24) is 14.6 Å². The molecule has 2 aromatic carbocycles. The summed E-state index contributed by atoms with van der Waals surface area (Å²) >= 11 is 6.04. The average Bonchev–Trinajstić information content (AvgIpc) is 3.27. The molecule has 3 aromatic rings. The van der Waals surface area contributed by atoms with Gasteiger partial charge in [-0.1, -0.05) is 30.7 Å². The molecule has 0 saturated heterocycles. The summed E-state index contributed by atoms with van der Waals surface area (Å²) in [5.74, 6) is 0.111. The maximum atomic E-state index is 12.8. The molecule has 0 unspecified atom stereocenters. The van der Waals surface area contributed by atoms with E-state index in [1.54, 1.807) is 43.3 Å². The van der Waals surface area contributed by atoms with Gasteiger partial charge in [0.25, 0.3) is 5.56 Å². The van der Waals surface area contributed by atoms with Crippen LogP contribution in [-0.4, -0.2) is 45.5 Å². The SMILES string of the molecule is CCC(=O)N1N=C(c2c(O)n(-c3cccc(Cl)c3)c(=O)[nH]c2=O)C[C@@H]1c1ccc(OC)c(OC)c1. The fourth-order valence-electron chi connectivity index (χ4n) is 4.01. The predicted octanol–water partition coefficient (Wildman–Crippen LogP) is 2.99. The van der Waals surface area contributed by atoms with E-state index in [-0.39, 0.29) is 35.7 Å². The minimum absolute atomic E-state index is 0.117. The first-order chi connectivity index (χ1) is 16.8. The van der Waals surface area contributed by atoms with Crippen LogP contribution in [0.1, 0.15) is 36.9 Å². The van der Waals surface area contributed by atoms with Crippen LogP contribution >= 0.6 is 11.6 Å². The summed E-state index contributed by atoms with van der Waals surface area (Å²) in [4.78, 5) is 40.3. The van der Waals surface area contributed by atoms with E-state index >= 15 is 0 Å². The van der Waals surface area contributed by atoms with Gasteiger partial charge in [-0.3, -0.25) is 14.6 Å². The Kier molecular flexibility index (Phi) is 6.65. The van der Waals surface area contributed by atoms with Crippen LogP contribution in [0.25, 0.3) is 5.69 Å². The van der Waals surface area contributed by atoms with Gasteiger partial charge in [-0.05, 0) is 35.9 Å². The first-order valence-electron chi connectivity index (χ1n) is 10.7. The lowest BCUT2D eigenvalue weighted by atomic mass is 9.98. The monoisotopic (exact) mass is 498 g/mol. The maximum absolute atomic E-state index is 12.8. The molecule has 1 aliphatic rings. The molecule has 1 aliphatic heterocycles. The highest BCUT2D eigenvalue weighted by Crippen LogP contribution is 2.38. The number of halogens is 1. The molecule has 2 N–H and O–H groups in total. The Morgan fingerprint density at radius 2 is 1.91 bits per heavy atom. The van der Waals surface area contributed by atoms with Crippen molar-refractivity contribution in [2.45, 2.75) is 25.8 Å². The Hall–Kier alpha value is -4.05. The summed E-state index contributed by atoms with van der Waals surface area (Å²) in [5, 5.41) is 17.0. The number of carbonyl (C=O) groups excluding carboxylic acids is 1. The number of H-pyrrole nitrogens is 1. The standard InChI is InChI=1S/C24H23ClN4O6/c1-4-20(30)29-17(13-8-9-18(34-2)19(10-13)35-3)12-16(27-29)21-22(31)26-24(33)28(23(21)32)15-7-5-6-14(25)11-15/h5-11,17,32H,4,12H2,1-3H3,(H,26,31,33)/t17-/m1/s1. The first kappa shape index (κ1) is 24.1. The second-order valence-corrected chi connectivity index (χ2v) is 8.18. The number of aromatic amines is 1. The van der Waals surface area contributed by atoms with Crippen LogP contribution in [-0.2, 0) is 4.79 Å². The third kappa shape index (κ3) is 4.40.